The van der Waals surface area contributed by atoms with Crippen molar-refractivity contribution in [2.75, 3.05) is 6.54 Å². The second-order valence-electron chi connectivity index (χ2n) is 5.30. The van der Waals surface area contributed by atoms with Crippen molar-refractivity contribution in [2.45, 2.75) is 39.3 Å². The number of hydrogen-bond donors (Lipinski definition) is 1. The fourth-order valence-electron chi connectivity index (χ4n) is 2.37. The SMILES string of the molecule is CCC1(C)NC(=O)CN(Cc2cc(C)nn2C)C1=O. The first kappa shape index (κ1) is 13.6. The molecule has 2 amide bonds. The highest BCUT2D eigenvalue weighted by Gasteiger charge is 2.41. The predicted molar refractivity (Wildman–Crippen MR) is 70.2 cm³/mol. The van der Waals surface area contributed by atoms with E-state index in [4.69, 9.17) is 0 Å². The first-order chi connectivity index (χ1) is 8.85. The molecule has 104 valence electrons. The third kappa shape index (κ3) is 2.47. The van der Waals surface area contributed by atoms with E-state index >= 15 is 0 Å². The summed E-state index contributed by atoms with van der Waals surface area (Å²) in [6.07, 6.45) is 0.582. The fourth-order valence-corrected chi connectivity index (χ4v) is 2.37. The Morgan fingerprint density at radius 3 is 2.68 bits per heavy atom. The Balaban J connectivity index is 2.22. The Morgan fingerprint density at radius 2 is 2.16 bits per heavy atom. The molecule has 0 bridgehead atoms. The van der Waals surface area contributed by atoms with Crippen molar-refractivity contribution in [3.05, 3.63) is 17.5 Å². The lowest BCUT2D eigenvalue weighted by Gasteiger charge is -2.39. The van der Waals surface area contributed by atoms with Gasteiger partial charge in [-0.15, -0.1) is 0 Å². The summed E-state index contributed by atoms with van der Waals surface area (Å²) in [6.45, 7) is 6.10. The van der Waals surface area contributed by atoms with Crippen molar-refractivity contribution in [1.82, 2.24) is 20.0 Å². The highest BCUT2D eigenvalue weighted by atomic mass is 16.2. The van der Waals surface area contributed by atoms with Gasteiger partial charge in [0.1, 0.15) is 12.1 Å². The number of nitrogens with one attached hydrogen (secondary N) is 1. The van der Waals surface area contributed by atoms with Crippen LogP contribution in [-0.2, 0) is 23.2 Å². The van der Waals surface area contributed by atoms with Crippen LogP contribution in [-0.4, -0.2) is 38.6 Å². The molecule has 1 aromatic rings. The van der Waals surface area contributed by atoms with E-state index in [1.807, 2.05) is 27.0 Å². The normalized spacial score (nSPS) is 23.7. The zero-order chi connectivity index (χ0) is 14.2. The Hall–Kier alpha value is -1.85. The third-order valence-electron chi connectivity index (χ3n) is 3.67. The average Bonchev–Trinajstić information content (AvgIpc) is 2.64. The minimum absolute atomic E-state index is 0.0338. The summed E-state index contributed by atoms with van der Waals surface area (Å²) in [4.78, 5) is 25.8. The summed E-state index contributed by atoms with van der Waals surface area (Å²) in [5.41, 5.74) is 1.05. The topological polar surface area (TPSA) is 67.2 Å². The van der Waals surface area contributed by atoms with Crippen LogP contribution in [0.1, 0.15) is 31.7 Å². The highest BCUT2D eigenvalue weighted by Crippen LogP contribution is 2.19. The van der Waals surface area contributed by atoms with E-state index < -0.39 is 5.54 Å². The second kappa shape index (κ2) is 4.68. The van der Waals surface area contributed by atoms with Gasteiger partial charge in [-0.25, -0.2) is 0 Å². The summed E-state index contributed by atoms with van der Waals surface area (Å²) in [7, 11) is 1.84. The van der Waals surface area contributed by atoms with Crippen LogP contribution in [0.2, 0.25) is 0 Å². The molecule has 2 heterocycles. The van der Waals surface area contributed by atoms with Gasteiger partial charge in [-0.05, 0) is 26.3 Å². The van der Waals surface area contributed by atoms with Crippen LogP contribution in [0.5, 0.6) is 0 Å². The fraction of sp³-hybridized carbons (Fsp3) is 0.615. The summed E-state index contributed by atoms with van der Waals surface area (Å²) in [6, 6.07) is 1.93. The van der Waals surface area contributed by atoms with E-state index in [0.29, 0.717) is 13.0 Å². The molecule has 0 saturated carbocycles. The minimum Gasteiger partial charge on any atom is -0.340 e. The van der Waals surface area contributed by atoms with Crippen molar-refractivity contribution >= 4 is 11.8 Å². The van der Waals surface area contributed by atoms with Crippen LogP contribution >= 0.6 is 0 Å². The Bertz CT molecular complexity index is 523. The van der Waals surface area contributed by atoms with E-state index in [1.54, 1.807) is 16.5 Å². The molecule has 1 fully saturated rings. The Kier molecular flexibility index (Phi) is 3.34. The minimum atomic E-state index is -0.789. The first-order valence-electron chi connectivity index (χ1n) is 6.45. The molecule has 0 radical (unpaired) electrons. The zero-order valence-corrected chi connectivity index (χ0v) is 11.9. The van der Waals surface area contributed by atoms with Crippen molar-refractivity contribution in [3.8, 4) is 0 Å². The molecule has 1 aromatic heterocycles. The van der Waals surface area contributed by atoms with E-state index in [9.17, 15) is 9.59 Å². The molecule has 6 nitrogen and oxygen atoms in total. The van der Waals surface area contributed by atoms with Crippen LogP contribution in [0.3, 0.4) is 0 Å². The van der Waals surface area contributed by atoms with Gasteiger partial charge in [-0.1, -0.05) is 6.92 Å². The molecule has 1 unspecified atom stereocenters. The molecule has 1 N–H and O–H groups in total. The summed E-state index contributed by atoms with van der Waals surface area (Å²) in [5, 5.41) is 7.03. The van der Waals surface area contributed by atoms with E-state index in [0.717, 1.165) is 11.4 Å². The Labute approximate surface area is 112 Å². The van der Waals surface area contributed by atoms with Gasteiger partial charge in [0.25, 0.3) is 0 Å². The molecule has 1 atom stereocenters. The van der Waals surface area contributed by atoms with Gasteiger partial charge in [0, 0.05) is 7.05 Å². The number of rotatable bonds is 3. The number of hydrogen-bond acceptors (Lipinski definition) is 3. The summed E-state index contributed by atoms with van der Waals surface area (Å²) in [5.74, 6) is -0.142. The largest absolute Gasteiger partial charge is 0.340 e. The number of carbonyl (C=O) groups excluding carboxylic acids is 2. The standard InChI is InChI=1S/C13H20N4O2/c1-5-13(3)12(19)17(8-11(18)14-13)7-10-6-9(2)15-16(10)4/h6H,5,7-8H2,1-4H3,(H,14,18). The van der Waals surface area contributed by atoms with Crippen molar-refractivity contribution in [2.24, 2.45) is 7.05 Å². The molecule has 1 saturated heterocycles. The maximum Gasteiger partial charge on any atom is 0.248 e. The highest BCUT2D eigenvalue weighted by molar-refractivity contribution is 5.97. The van der Waals surface area contributed by atoms with Crippen LogP contribution in [0, 0.1) is 6.92 Å². The van der Waals surface area contributed by atoms with Crippen molar-refractivity contribution in [1.29, 1.82) is 0 Å². The molecule has 0 spiro atoms. The van der Waals surface area contributed by atoms with Crippen molar-refractivity contribution in [3.63, 3.8) is 0 Å². The van der Waals surface area contributed by atoms with Crippen LogP contribution in [0.4, 0.5) is 0 Å². The van der Waals surface area contributed by atoms with Gasteiger partial charge in [-0.2, -0.15) is 5.10 Å². The summed E-state index contributed by atoms with van der Waals surface area (Å²) < 4.78 is 1.75. The second-order valence-corrected chi connectivity index (χ2v) is 5.30. The molecular weight excluding hydrogens is 244 g/mol. The van der Waals surface area contributed by atoms with Crippen LogP contribution in [0.25, 0.3) is 0 Å². The van der Waals surface area contributed by atoms with Crippen LogP contribution < -0.4 is 5.32 Å². The van der Waals surface area contributed by atoms with Gasteiger partial charge in [-0.3, -0.25) is 14.3 Å². The van der Waals surface area contributed by atoms with Gasteiger partial charge in [0.05, 0.1) is 17.9 Å². The van der Waals surface area contributed by atoms with Gasteiger partial charge in [0.15, 0.2) is 0 Å². The van der Waals surface area contributed by atoms with Gasteiger partial charge < -0.3 is 10.2 Å². The average molecular weight is 264 g/mol. The molecule has 6 heteroatoms. The summed E-state index contributed by atoms with van der Waals surface area (Å²) >= 11 is 0. The maximum absolute atomic E-state index is 12.4. The lowest BCUT2D eigenvalue weighted by Crippen LogP contribution is -2.64. The van der Waals surface area contributed by atoms with E-state index in [-0.39, 0.29) is 18.4 Å². The van der Waals surface area contributed by atoms with Gasteiger partial charge in [0.2, 0.25) is 11.8 Å². The molecule has 2 rings (SSSR count). The van der Waals surface area contributed by atoms with E-state index in [1.165, 1.54) is 0 Å². The maximum atomic E-state index is 12.4. The number of piperazine rings is 1. The molecule has 0 aliphatic carbocycles. The third-order valence-corrected chi connectivity index (χ3v) is 3.67. The quantitative estimate of drug-likeness (QED) is 0.857. The number of nitrogens with zero attached hydrogens (tertiary/aromatic N) is 3. The molecular formula is C13H20N4O2. The lowest BCUT2D eigenvalue weighted by atomic mass is 9.94. The Morgan fingerprint density at radius 1 is 1.47 bits per heavy atom. The van der Waals surface area contributed by atoms with E-state index in [2.05, 4.69) is 10.4 Å². The number of carbonyl (C=O) groups is 2. The van der Waals surface area contributed by atoms with Gasteiger partial charge >= 0.3 is 0 Å². The monoisotopic (exact) mass is 264 g/mol. The molecule has 0 aromatic carbocycles. The number of amides is 2. The smallest absolute Gasteiger partial charge is 0.248 e. The zero-order valence-electron chi connectivity index (χ0n) is 11.9. The molecule has 1 aliphatic rings. The molecule has 19 heavy (non-hydrogen) atoms. The predicted octanol–water partition coefficient (Wildman–Crippen LogP) is 0.356. The lowest BCUT2D eigenvalue weighted by molar-refractivity contribution is -0.150. The van der Waals surface area contributed by atoms with Crippen LogP contribution in [0.15, 0.2) is 6.07 Å². The van der Waals surface area contributed by atoms with Crippen molar-refractivity contribution < 1.29 is 9.59 Å². The molecule has 1 aliphatic heterocycles. The number of aromatic nitrogens is 2. The first-order valence-corrected chi connectivity index (χ1v) is 6.45. The number of aryl methyl sites for hydroxylation is 2.